The number of alkyl carbamates (subject to hydrolysis) is 1. The van der Waals surface area contributed by atoms with E-state index in [1.54, 1.807) is 61.5 Å². The van der Waals surface area contributed by atoms with Crippen molar-refractivity contribution in [3.8, 4) is 16.8 Å². The predicted octanol–water partition coefficient (Wildman–Crippen LogP) is 8.63. The van der Waals surface area contributed by atoms with E-state index in [0.29, 0.717) is 26.9 Å². The minimum Gasteiger partial charge on any atom is -0.444 e. The normalized spacial score (nSPS) is 16.7. The number of aliphatic imine (C=N–C) groups is 1. The number of rotatable bonds is 10. The maximum atomic E-state index is 15.0. The molecule has 6 rings (SSSR count). The zero-order valence-electron chi connectivity index (χ0n) is 29.1. The molecule has 1 aliphatic heterocycles. The average Bonchev–Trinajstić information content (AvgIpc) is 3.87. The number of benzene rings is 3. The summed E-state index contributed by atoms with van der Waals surface area (Å²) >= 11 is 6.46. The smallest absolute Gasteiger partial charge is 0.414 e. The Morgan fingerprint density at radius 3 is 2.34 bits per heavy atom. The largest absolute Gasteiger partial charge is 0.444 e. The van der Waals surface area contributed by atoms with E-state index in [-0.39, 0.29) is 29.7 Å². The third kappa shape index (κ3) is 7.80. The first-order valence-corrected chi connectivity index (χ1v) is 16.9. The summed E-state index contributed by atoms with van der Waals surface area (Å²) in [5, 5.41) is 10.4. The highest BCUT2D eigenvalue weighted by Gasteiger charge is 2.53. The average molecular weight is 751 g/mol. The number of alkyl halides is 4. The van der Waals surface area contributed by atoms with Crippen LogP contribution in [0.2, 0.25) is 5.02 Å². The first-order chi connectivity index (χ1) is 25.2. The molecule has 3 heterocycles. The summed E-state index contributed by atoms with van der Waals surface area (Å²) in [6, 6.07) is 19.6. The summed E-state index contributed by atoms with van der Waals surface area (Å²) in [5.41, 5.74) is 0.764. The molecule has 53 heavy (non-hydrogen) atoms. The van der Waals surface area contributed by atoms with Crippen LogP contribution in [0.4, 0.5) is 22.4 Å². The van der Waals surface area contributed by atoms with Gasteiger partial charge in [-0.1, -0.05) is 93.0 Å². The molecule has 3 aromatic carbocycles. The van der Waals surface area contributed by atoms with E-state index in [9.17, 15) is 22.4 Å². The quantitative estimate of drug-likeness (QED) is 0.143. The monoisotopic (exact) mass is 750 g/mol. The second-order valence-electron chi connectivity index (χ2n) is 13.7. The molecule has 2 atom stereocenters. The van der Waals surface area contributed by atoms with Crippen molar-refractivity contribution in [3.63, 3.8) is 0 Å². The lowest BCUT2D eigenvalue weighted by molar-refractivity contribution is -0.134. The van der Waals surface area contributed by atoms with Crippen LogP contribution in [0.25, 0.3) is 16.8 Å². The van der Waals surface area contributed by atoms with Gasteiger partial charge in [0.1, 0.15) is 12.9 Å². The Kier molecular flexibility index (Phi) is 10.4. The number of nitrogens with zero attached hydrogens (tertiary/aromatic N) is 7. The maximum absolute atomic E-state index is 15.0. The van der Waals surface area contributed by atoms with Crippen molar-refractivity contribution in [1.82, 2.24) is 34.8 Å². The van der Waals surface area contributed by atoms with Gasteiger partial charge in [0, 0.05) is 11.8 Å². The van der Waals surface area contributed by atoms with E-state index in [1.807, 2.05) is 26.8 Å². The van der Waals surface area contributed by atoms with Crippen molar-refractivity contribution in [1.29, 1.82) is 0 Å². The number of guanidine groups is 1. The minimum absolute atomic E-state index is 0.0505. The summed E-state index contributed by atoms with van der Waals surface area (Å²) in [4.78, 5) is 38.3. The van der Waals surface area contributed by atoms with E-state index in [0.717, 1.165) is 16.6 Å². The second-order valence-corrected chi connectivity index (χ2v) is 14.1. The van der Waals surface area contributed by atoms with Gasteiger partial charge in [0.2, 0.25) is 5.96 Å². The predicted molar refractivity (Wildman–Crippen MR) is 188 cm³/mol. The Morgan fingerprint density at radius 1 is 0.981 bits per heavy atom. The van der Waals surface area contributed by atoms with E-state index in [2.05, 4.69) is 20.5 Å². The van der Waals surface area contributed by atoms with Crippen molar-refractivity contribution in [2.75, 3.05) is 0 Å². The molecule has 1 aliphatic rings. The topological polar surface area (TPSA) is 120 Å². The molecule has 5 aromatic rings. The van der Waals surface area contributed by atoms with Crippen molar-refractivity contribution in [2.45, 2.75) is 65.3 Å². The number of aromatic nitrogens is 5. The fraction of sp³-hybridized carbons (Fsp3) is 0.297. The fourth-order valence-corrected chi connectivity index (χ4v) is 6.46. The summed E-state index contributed by atoms with van der Waals surface area (Å²) in [5.74, 6) is -1.20. The molecule has 276 valence electrons. The Bertz CT molecular complexity index is 2130. The molecule has 2 amide bonds. The van der Waals surface area contributed by atoms with E-state index in [4.69, 9.17) is 21.3 Å². The number of carbonyl (C=O) groups is 2. The Labute approximate surface area is 307 Å². The molecule has 0 spiro atoms. The molecule has 16 heteroatoms. The van der Waals surface area contributed by atoms with Gasteiger partial charge in [-0.2, -0.15) is 19.0 Å². The highest BCUT2D eigenvalue weighted by molar-refractivity contribution is 6.32. The molecule has 1 N–H and O–H groups in total. The number of halogens is 5. The number of carbonyl (C=O) groups excluding carboxylic acids is 2. The lowest BCUT2D eigenvalue weighted by Gasteiger charge is -2.34. The first-order valence-electron chi connectivity index (χ1n) is 16.5. The molecule has 0 aliphatic carbocycles. The number of hydrogen-bond donors (Lipinski definition) is 1. The van der Waals surface area contributed by atoms with Gasteiger partial charge in [0.05, 0.1) is 22.9 Å². The molecule has 0 saturated carbocycles. The third-order valence-electron chi connectivity index (χ3n) is 8.64. The molecule has 0 saturated heterocycles. The van der Waals surface area contributed by atoms with E-state index < -0.39 is 47.8 Å². The van der Waals surface area contributed by atoms with Crippen LogP contribution >= 0.6 is 11.6 Å². The molecular weight excluding hydrogens is 716 g/mol. The van der Waals surface area contributed by atoms with Crippen LogP contribution in [-0.2, 0) is 21.7 Å². The van der Waals surface area contributed by atoms with Gasteiger partial charge >= 0.3 is 12.6 Å². The Morgan fingerprint density at radius 2 is 1.70 bits per heavy atom. The van der Waals surface area contributed by atoms with Crippen molar-refractivity contribution in [2.24, 2.45) is 10.4 Å². The van der Waals surface area contributed by atoms with Crippen LogP contribution in [0.15, 0.2) is 96.5 Å². The van der Waals surface area contributed by atoms with Gasteiger partial charge < -0.3 is 4.74 Å². The van der Waals surface area contributed by atoms with Crippen molar-refractivity contribution < 1.29 is 31.9 Å². The van der Waals surface area contributed by atoms with Crippen LogP contribution in [0.5, 0.6) is 0 Å². The summed E-state index contributed by atoms with van der Waals surface area (Å²) in [7, 11) is 0. The zero-order chi connectivity index (χ0) is 38.1. The molecular formula is C37H35ClF4N8O3. The van der Waals surface area contributed by atoms with Crippen molar-refractivity contribution in [3.05, 3.63) is 119 Å². The highest BCUT2D eigenvalue weighted by atomic mass is 35.5. The lowest BCUT2D eigenvalue weighted by atomic mass is 9.75. The number of hydrogen-bond acceptors (Lipinski definition) is 7. The number of amides is 2. The second kappa shape index (κ2) is 14.8. The van der Waals surface area contributed by atoms with Gasteiger partial charge in [-0.3, -0.25) is 15.0 Å². The molecule has 0 fully saturated rings. The number of ether oxygens (including phenoxy) is 1. The summed E-state index contributed by atoms with van der Waals surface area (Å²) in [6.45, 7) is 4.68. The third-order valence-corrected chi connectivity index (χ3v) is 8.96. The Balaban J connectivity index is 1.41. The minimum atomic E-state index is -2.94. The summed E-state index contributed by atoms with van der Waals surface area (Å²) < 4.78 is 61.0. The number of nitrogens with one attached hydrogen (secondary N) is 1. The SMILES string of the molecule is C[C@@H](c1ccc(Cl)c(-n2ncnc2C(F)F)c1)N1C(=O)[C@@](CC(C)(C)C)(c2ccc(-c3cnn(C(F)F)c3)cc2)N=C1NC(=O)OCc1ccccc1. The molecule has 0 bridgehead atoms. The highest BCUT2D eigenvalue weighted by Crippen LogP contribution is 2.45. The standard InChI is InChI=1S/C37H35ClF4N8O3/c1-22(25-12-15-28(38)29(16-25)50-31(30(39)40)43-21-45-50)49-32(51)37(20-36(2,3)4,47-34(49)46-35(52)53-19-23-8-6-5-7-9-23)27-13-10-24(11-14-27)26-17-44-48(18-26)33(41)42/h5-18,21-22,30,33H,19-20H2,1-4H3,(H,46,47,52)/t22-,37+/m0/s1. The van der Waals surface area contributed by atoms with Gasteiger partial charge in [0.25, 0.3) is 12.3 Å². The van der Waals surface area contributed by atoms with Gasteiger partial charge in [-0.05, 0) is 53.1 Å². The van der Waals surface area contributed by atoms with E-state index in [1.165, 1.54) is 29.4 Å². The molecule has 2 aromatic heterocycles. The van der Waals surface area contributed by atoms with Crippen LogP contribution < -0.4 is 5.32 Å². The van der Waals surface area contributed by atoms with Crippen LogP contribution in [0.3, 0.4) is 0 Å². The first kappa shape index (κ1) is 37.2. The Hall–Kier alpha value is -5.57. The van der Waals surface area contributed by atoms with E-state index >= 15 is 4.79 Å². The lowest BCUT2D eigenvalue weighted by Crippen LogP contribution is -2.48. The van der Waals surface area contributed by atoms with Gasteiger partial charge in [0.15, 0.2) is 11.4 Å². The molecule has 0 radical (unpaired) electrons. The van der Waals surface area contributed by atoms with Gasteiger partial charge in [-0.25, -0.2) is 32.9 Å². The zero-order valence-corrected chi connectivity index (χ0v) is 29.8. The fourth-order valence-electron chi connectivity index (χ4n) is 6.27. The molecule has 0 unspecified atom stereocenters. The van der Waals surface area contributed by atoms with Gasteiger partial charge in [-0.15, -0.1) is 0 Å². The maximum Gasteiger partial charge on any atom is 0.414 e. The van der Waals surface area contributed by atoms with Crippen LogP contribution in [0.1, 0.15) is 75.6 Å². The van der Waals surface area contributed by atoms with Crippen LogP contribution in [-0.4, -0.2) is 47.4 Å². The summed E-state index contributed by atoms with van der Waals surface area (Å²) in [6.07, 6.45) is -0.0789. The molecule has 11 nitrogen and oxygen atoms in total. The van der Waals surface area contributed by atoms with Crippen molar-refractivity contribution >= 4 is 29.6 Å². The van der Waals surface area contributed by atoms with Crippen LogP contribution in [0, 0.1) is 5.41 Å².